The first kappa shape index (κ1) is 50.9. The van der Waals surface area contributed by atoms with Crippen molar-refractivity contribution in [3.8, 4) is 11.1 Å². The molecular weight excluding hydrogens is 852 g/mol. The van der Waals surface area contributed by atoms with Crippen LogP contribution in [0.25, 0.3) is 43.8 Å². The Hall–Kier alpha value is -5.11. The molecule has 5 rings (SSSR count). The van der Waals surface area contributed by atoms with E-state index in [1.54, 1.807) is 24.3 Å². The Morgan fingerprint density at radius 2 is 1.40 bits per heavy atom. The maximum Gasteiger partial charge on any atom is 0.365 e. The van der Waals surface area contributed by atoms with Crippen molar-refractivity contribution in [3.05, 3.63) is 88.1 Å². The van der Waals surface area contributed by atoms with Crippen LogP contribution in [0.1, 0.15) is 126 Å². The van der Waals surface area contributed by atoms with Crippen LogP contribution in [0.5, 0.6) is 0 Å². The Bertz CT molecular complexity index is 2500. The Morgan fingerprint density at radius 3 is 2.05 bits per heavy atom. The summed E-state index contributed by atoms with van der Waals surface area (Å²) >= 11 is 0. The van der Waals surface area contributed by atoms with E-state index in [4.69, 9.17) is 18.2 Å². The molecule has 0 fully saturated rings. The van der Waals surface area contributed by atoms with Gasteiger partial charge in [0.05, 0.1) is 17.7 Å². The number of rotatable bonds is 29. The van der Waals surface area contributed by atoms with E-state index in [1.165, 1.54) is 94.9 Å². The summed E-state index contributed by atoms with van der Waals surface area (Å²) in [6.07, 6.45) is 17.1. The summed E-state index contributed by atoms with van der Waals surface area (Å²) in [6.45, 7) is 0.443. The first-order valence-corrected chi connectivity index (χ1v) is 24.5. The predicted octanol–water partition coefficient (Wildman–Crippen LogP) is 8.58. The highest BCUT2D eigenvalue weighted by Crippen LogP contribution is 2.42. The highest BCUT2D eigenvalue weighted by Gasteiger charge is 2.23. The number of unbranched alkanes of at least 4 members (excludes halogenated alkanes) is 14. The van der Waals surface area contributed by atoms with Crippen molar-refractivity contribution in [1.82, 2.24) is 0 Å². The number of nitrogens with zero attached hydrogens (tertiary/aromatic N) is 1. The molecule has 14 nitrogen and oxygen atoms in total. The van der Waals surface area contributed by atoms with Crippen molar-refractivity contribution in [2.45, 2.75) is 116 Å². The summed E-state index contributed by atoms with van der Waals surface area (Å²) in [4.78, 5) is 54.0. The van der Waals surface area contributed by atoms with Crippen LogP contribution in [0, 0.1) is 0 Å². The van der Waals surface area contributed by atoms with Crippen molar-refractivity contribution in [2.24, 2.45) is 0 Å². The molecule has 352 valence electrons. The number of ether oxygens (including phenoxy) is 1. The minimum Gasteiger partial charge on any atom is -0.756 e. The number of phosphoric ester groups is 1. The van der Waals surface area contributed by atoms with Gasteiger partial charge in [0.2, 0.25) is 0 Å². The number of carboxylic acids is 1. The zero-order valence-electron chi connectivity index (χ0n) is 38.0. The molecule has 0 aliphatic heterocycles. The van der Waals surface area contributed by atoms with E-state index in [0.29, 0.717) is 50.3 Å². The maximum atomic E-state index is 12.8. The number of aromatic carboxylic acids is 1. The normalized spacial score (nSPS) is 13.3. The molecule has 2 unspecified atom stereocenters. The number of hydrogen-bond donors (Lipinski definition) is 4. The van der Waals surface area contributed by atoms with Crippen LogP contribution in [-0.4, -0.2) is 79.7 Å². The quantitative estimate of drug-likeness (QED) is 0.00675. The van der Waals surface area contributed by atoms with Gasteiger partial charge in [-0.2, -0.15) is 0 Å². The molecule has 1 heterocycles. The van der Waals surface area contributed by atoms with Gasteiger partial charge in [-0.05, 0) is 65.9 Å². The van der Waals surface area contributed by atoms with Crippen LogP contribution >= 0.6 is 7.82 Å². The number of aliphatic hydroxyl groups excluding tert-OH is 2. The first-order valence-electron chi connectivity index (χ1n) is 23.0. The van der Waals surface area contributed by atoms with Crippen molar-refractivity contribution >= 4 is 64.1 Å². The fourth-order valence-electron chi connectivity index (χ4n) is 7.89. The number of fused-ring (bicyclic) bond motifs is 4. The summed E-state index contributed by atoms with van der Waals surface area (Å²) in [5.74, 6) is -2.17. The third-order valence-corrected chi connectivity index (χ3v) is 12.4. The Labute approximate surface area is 380 Å². The summed E-state index contributed by atoms with van der Waals surface area (Å²) in [5, 5.41) is 34.1. The predicted molar refractivity (Wildman–Crippen MR) is 253 cm³/mol. The average molecular weight is 917 g/mol. The number of carboxylic acid groups (broad SMARTS) is 1. The van der Waals surface area contributed by atoms with Gasteiger partial charge in [0.1, 0.15) is 30.5 Å². The second-order valence-corrected chi connectivity index (χ2v) is 18.2. The molecule has 1 aromatic heterocycles. The molecule has 0 aliphatic rings. The molecule has 5 aromatic rings. The van der Waals surface area contributed by atoms with Crippen molar-refractivity contribution in [3.63, 3.8) is 0 Å². The molecule has 0 saturated heterocycles. The molecule has 0 saturated carbocycles. The fraction of sp³-hybridized carbons (Fsp3) is 0.480. The van der Waals surface area contributed by atoms with Gasteiger partial charge >= 0.3 is 17.8 Å². The van der Waals surface area contributed by atoms with Crippen LogP contribution in [0.15, 0.2) is 75.9 Å². The van der Waals surface area contributed by atoms with Crippen LogP contribution in [0.3, 0.4) is 0 Å². The van der Waals surface area contributed by atoms with Crippen LogP contribution in [0.2, 0.25) is 0 Å². The number of carbonyl (C=O) groups is 2. The second-order valence-electron chi connectivity index (χ2n) is 16.8. The lowest BCUT2D eigenvalue weighted by atomic mass is 9.91. The largest absolute Gasteiger partial charge is 0.756 e. The number of hydrogen-bond acceptors (Lipinski definition) is 11. The fourth-order valence-corrected chi connectivity index (χ4v) is 8.64. The zero-order chi connectivity index (χ0) is 46.8. The summed E-state index contributed by atoms with van der Waals surface area (Å²) < 4.78 is 33.5. The van der Waals surface area contributed by atoms with Crippen LogP contribution in [-0.2, 0) is 23.1 Å². The van der Waals surface area contributed by atoms with E-state index in [9.17, 15) is 39.2 Å². The highest BCUT2D eigenvalue weighted by molar-refractivity contribution is 7.45. The molecule has 15 heteroatoms. The number of aliphatic hydroxyl groups is 2. The van der Waals surface area contributed by atoms with E-state index < -0.39 is 51.6 Å². The molecule has 4 N–H and O–H groups in total. The molecule has 0 bridgehead atoms. The van der Waals surface area contributed by atoms with Gasteiger partial charge < -0.3 is 43.3 Å². The van der Waals surface area contributed by atoms with Gasteiger partial charge in [-0.1, -0.05) is 109 Å². The zero-order valence-corrected chi connectivity index (χ0v) is 38.9. The van der Waals surface area contributed by atoms with Crippen molar-refractivity contribution < 1.29 is 57.6 Å². The van der Waals surface area contributed by atoms with Gasteiger partial charge in [-0.3, -0.25) is 14.2 Å². The average Bonchev–Trinajstić information content (AvgIpc) is 3.28. The van der Waals surface area contributed by atoms with Crippen molar-refractivity contribution in [2.75, 3.05) is 45.4 Å². The third kappa shape index (κ3) is 15.5. The Kier molecular flexibility index (Phi) is 20.0. The van der Waals surface area contributed by atoms with E-state index in [-0.39, 0.29) is 29.5 Å². The Balaban J connectivity index is 1.07. The maximum absolute atomic E-state index is 12.8. The molecular formula is C50H65N2O12P. The summed E-state index contributed by atoms with van der Waals surface area (Å²) in [7, 11) is -1.10. The van der Waals surface area contributed by atoms with Gasteiger partial charge in [-0.25, -0.2) is 9.79 Å². The monoisotopic (exact) mass is 916 g/mol. The molecule has 0 spiro atoms. The van der Waals surface area contributed by atoms with E-state index in [0.717, 1.165) is 24.9 Å². The third-order valence-electron chi connectivity index (χ3n) is 11.5. The lowest BCUT2D eigenvalue weighted by Gasteiger charge is -2.23. The molecule has 0 radical (unpaired) electrons. The number of carbonyl (C=O) groups excluding carboxylic acids is 1. The highest BCUT2D eigenvalue weighted by atomic mass is 31.2. The number of phosphoric acid groups is 1. The SMILES string of the molecule is CCCCCCCCCCCCCCCCCC(=O)OCC(O)COP(=O)([O-])OCC[NH+]=C(O)c1ccc(-c2c3ccc(N(C)C)cc3oc3c2ccc2cc(=O)ccc23)c(C(=O)O)c1. The number of nitrogens with one attached hydrogen (secondary N) is 1. The smallest absolute Gasteiger partial charge is 0.365 e. The minimum absolute atomic E-state index is 0.113. The number of esters is 1. The molecule has 65 heavy (non-hydrogen) atoms. The van der Waals surface area contributed by atoms with E-state index in [1.807, 2.05) is 37.2 Å². The lowest BCUT2D eigenvalue weighted by Crippen LogP contribution is -2.74. The number of anilines is 1. The molecule has 0 amide bonds. The molecule has 0 aliphatic carbocycles. The standard InChI is InChI=1S/C50H65N2O12P/c1-4-5-6-7-8-9-10-11-12-13-14-15-16-17-18-19-46(55)61-33-39(54)34-63-65(59,60)62-29-28-51-49(56)36-21-24-41(44(31-36)50(57)58)47-42-26-22-37(52(2)3)32-45(42)64-48-40-27-23-38(53)30-35(40)20-25-43(47)48/h20-27,30-32,39,54H,4-19,28-29,33-34H2,1-3H3,(H,51,56)(H,57,58)(H,59,60). The van der Waals surface area contributed by atoms with Gasteiger partial charge in [0.15, 0.2) is 12.0 Å². The van der Waals surface area contributed by atoms with E-state index >= 15 is 0 Å². The Morgan fingerprint density at radius 1 is 0.769 bits per heavy atom. The van der Waals surface area contributed by atoms with Crippen LogP contribution < -0.4 is 20.2 Å². The van der Waals surface area contributed by atoms with Crippen LogP contribution in [0.4, 0.5) is 5.69 Å². The van der Waals surface area contributed by atoms with E-state index in [2.05, 4.69) is 11.9 Å². The molecule has 4 aromatic carbocycles. The van der Waals surface area contributed by atoms with Gasteiger partial charge in [0.25, 0.3) is 7.82 Å². The summed E-state index contributed by atoms with van der Waals surface area (Å²) in [5.41, 5.74) is 2.57. The summed E-state index contributed by atoms with van der Waals surface area (Å²) in [6, 6.07) is 18.2. The second kappa shape index (κ2) is 25.5. The minimum atomic E-state index is -4.89. The van der Waals surface area contributed by atoms with Crippen molar-refractivity contribution in [1.29, 1.82) is 0 Å². The lowest BCUT2D eigenvalue weighted by molar-refractivity contribution is -0.468. The van der Waals surface area contributed by atoms with Gasteiger partial charge in [-0.15, -0.1) is 0 Å². The number of benzene rings is 4. The molecule has 2 atom stereocenters. The van der Waals surface area contributed by atoms with Gasteiger partial charge in [0, 0.05) is 54.0 Å². The topological polar surface area (TPSA) is 210 Å². The first-order chi connectivity index (χ1) is 31.3.